The van der Waals surface area contributed by atoms with Crippen molar-refractivity contribution in [2.45, 2.75) is 87.0 Å². The summed E-state index contributed by atoms with van der Waals surface area (Å²) < 4.78 is 73.4. The van der Waals surface area contributed by atoms with Crippen molar-refractivity contribution in [2.75, 3.05) is 44.9 Å². The first-order valence-electron chi connectivity index (χ1n) is 14.2. The third-order valence-corrected chi connectivity index (χ3v) is 12.4. The molecule has 0 aromatic carbocycles. The van der Waals surface area contributed by atoms with Gasteiger partial charge in [0.15, 0.2) is 9.84 Å². The molecule has 39 heavy (non-hydrogen) atoms. The van der Waals surface area contributed by atoms with Crippen molar-refractivity contribution in [3.05, 3.63) is 0 Å². The van der Waals surface area contributed by atoms with E-state index in [-0.39, 0.29) is 42.7 Å². The van der Waals surface area contributed by atoms with Gasteiger partial charge in [-0.3, -0.25) is 15.0 Å². The number of alkyl halides is 4. The molecule has 9 nitrogen and oxygen atoms in total. The fourth-order valence-corrected chi connectivity index (χ4v) is 11.1. The second-order valence-corrected chi connectivity index (χ2v) is 15.3. The standard InChI is InChI=1S/C25H39ClF3N5O4S/c1-32(23(35)17-11-39(36,37)14-24(17)12-38-13-24)22(25(27,28)29)15-4-6-16(7-5-15)33-8-2-3-18-19(33)10-30-21-9-20(26)31-34(18)21/h15-22,30-31H,2-14H2,1H3/t15?,16?,17-,18?,19?,20?,21?,22+/m1/s1. The van der Waals surface area contributed by atoms with Crippen molar-refractivity contribution < 1.29 is 31.1 Å². The fraction of sp³-hybridized carbons (Fsp3) is 0.960. The Bertz CT molecular complexity index is 1050. The van der Waals surface area contributed by atoms with Crippen molar-refractivity contribution in [3.63, 3.8) is 0 Å². The molecule has 0 radical (unpaired) electrons. The molecule has 1 aliphatic carbocycles. The number of piperidine rings is 1. The fourth-order valence-electron chi connectivity index (χ4n) is 8.42. The first kappa shape index (κ1) is 28.4. The maximum Gasteiger partial charge on any atom is 0.409 e. The van der Waals surface area contributed by atoms with Crippen LogP contribution in [0.1, 0.15) is 44.9 Å². The zero-order valence-electron chi connectivity index (χ0n) is 22.2. The van der Waals surface area contributed by atoms with Crippen LogP contribution in [0.25, 0.3) is 0 Å². The number of hydrogen-bond acceptors (Lipinski definition) is 8. The average molecular weight is 598 g/mol. The maximum atomic E-state index is 14.5. The monoisotopic (exact) mass is 597 g/mol. The van der Waals surface area contributed by atoms with Gasteiger partial charge in [-0.1, -0.05) is 0 Å². The minimum absolute atomic E-state index is 0.0953. The van der Waals surface area contributed by atoms with Gasteiger partial charge in [0.1, 0.15) is 6.04 Å². The summed E-state index contributed by atoms with van der Waals surface area (Å²) in [5, 5.41) is 5.85. The number of likely N-dealkylation sites (tertiary alicyclic amines) is 1. The number of fused-ring (bicyclic) bond motifs is 3. The molecule has 1 amide bonds. The zero-order chi connectivity index (χ0) is 27.7. The van der Waals surface area contributed by atoms with Crippen molar-refractivity contribution in [2.24, 2.45) is 17.3 Å². The summed E-state index contributed by atoms with van der Waals surface area (Å²) in [6.07, 6.45) is 0.599. The highest BCUT2D eigenvalue weighted by molar-refractivity contribution is 7.91. The van der Waals surface area contributed by atoms with Crippen molar-refractivity contribution >= 4 is 27.3 Å². The highest BCUT2D eigenvalue weighted by atomic mass is 35.5. The lowest BCUT2D eigenvalue weighted by Crippen LogP contribution is -2.70. The Morgan fingerprint density at radius 2 is 1.87 bits per heavy atom. The number of halogens is 4. The topological polar surface area (TPSA) is 94.2 Å². The molecule has 6 fully saturated rings. The van der Waals surface area contributed by atoms with E-state index in [1.165, 1.54) is 7.05 Å². The van der Waals surface area contributed by atoms with Crippen LogP contribution in [0.15, 0.2) is 0 Å². The Morgan fingerprint density at radius 3 is 2.51 bits per heavy atom. The number of amides is 1. The summed E-state index contributed by atoms with van der Waals surface area (Å²) in [6.45, 7) is 1.98. The van der Waals surface area contributed by atoms with Gasteiger partial charge in [-0.15, -0.1) is 11.6 Å². The number of nitrogens with zero attached hydrogens (tertiary/aromatic N) is 3. The largest absolute Gasteiger partial charge is 0.409 e. The number of sulfone groups is 1. The van der Waals surface area contributed by atoms with E-state index < -0.39 is 51.0 Å². The van der Waals surface area contributed by atoms with Crippen LogP contribution < -0.4 is 10.7 Å². The van der Waals surface area contributed by atoms with E-state index in [9.17, 15) is 26.4 Å². The van der Waals surface area contributed by atoms with Gasteiger partial charge in [-0.05, 0) is 51.0 Å². The normalized spacial score (nSPS) is 41.0. The molecule has 0 bridgehead atoms. The van der Waals surface area contributed by atoms with Crippen LogP contribution >= 0.6 is 11.6 Å². The Hall–Kier alpha value is -0.700. The molecule has 6 atom stereocenters. The molecule has 1 spiro atoms. The average Bonchev–Trinajstić information content (AvgIpc) is 3.39. The summed E-state index contributed by atoms with van der Waals surface area (Å²) in [6, 6.07) is -1.12. The van der Waals surface area contributed by atoms with Crippen molar-refractivity contribution in [1.82, 2.24) is 25.6 Å². The summed E-state index contributed by atoms with van der Waals surface area (Å²) in [5.41, 5.74) is 2.40. The van der Waals surface area contributed by atoms with Gasteiger partial charge in [0.05, 0.1) is 42.3 Å². The number of carbonyl (C=O) groups is 1. The van der Waals surface area contributed by atoms with Crippen LogP contribution in [0.4, 0.5) is 13.2 Å². The molecule has 222 valence electrons. The molecule has 6 rings (SSSR count). The van der Waals surface area contributed by atoms with Crippen LogP contribution in [0.5, 0.6) is 0 Å². The Labute approximate surface area is 233 Å². The lowest BCUT2D eigenvalue weighted by molar-refractivity contribution is -0.207. The number of carbonyl (C=O) groups excluding carboxylic acids is 1. The minimum Gasteiger partial charge on any atom is -0.380 e. The predicted molar refractivity (Wildman–Crippen MR) is 138 cm³/mol. The van der Waals surface area contributed by atoms with Gasteiger partial charge in [0, 0.05) is 43.6 Å². The molecular weight excluding hydrogens is 559 g/mol. The number of hydrazine groups is 1. The van der Waals surface area contributed by atoms with E-state index in [4.69, 9.17) is 16.3 Å². The van der Waals surface area contributed by atoms with Gasteiger partial charge in [0.2, 0.25) is 5.91 Å². The molecule has 14 heteroatoms. The SMILES string of the molecule is CN(C(=O)[C@H]1CS(=O)(=O)CC12COC2)[C@@H](C1CCC(N2CCCC3C2CNC2CC(Cl)NN23)CC1)C(F)(F)F. The van der Waals surface area contributed by atoms with Gasteiger partial charge in [-0.25, -0.2) is 18.9 Å². The van der Waals surface area contributed by atoms with Crippen LogP contribution in [0.2, 0.25) is 0 Å². The van der Waals surface area contributed by atoms with Crippen LogP contribution in [0.3, 0.4) is 0 Å². The zero-order valence-corrected chi connectivity index (χ0v) is 23.8. The van der Waals surface area contributed by atoms with E-state index in [0.29, 0.717) is 31.7 Å². The minimum atomic E-state index is -4.60. The number of nitrogens with one attached hydrogen (secondary N) is 2. The molecule has 5 heterocycles. The molecule has 0 aromatic rings. The molecule has 2 N–H and O–H groups in total. The molecule has 0 aromatic heterocycles. The lowest BCUT2D eigenvalue weighted by Gasteiger charge is -2.53. The van der Waals surface area contributed by atoms with E-state index in [0.717, 1.165) is 37.3 Å². The van der Waals surface area contributed by atoms with E-state index >= 15 is 0 Å². The quantitative estimate of drug-likeness (QED) is 0.372. The van der Waals surface area contributed by atoms with Gasteiger partial charge in [-0.2, -0.15) is 13.2 Å². The van der Waals surface area contributed by atoms with E-state index in [1.807, 2.05) is 0 Å². The van der Waals surface area contributed by atoms with Crippen LogP contribution in [0, 0.1) is 17.3 Å². The van der Waals surface area contributed by atoms with E-state index in [1.54, 1.807) is 0 Å². The first-order valence-corrected chi connectivity index (χ1v) is 16.4. The Kier molecular flexibility index (Phi) is 7.46. The van der Waals surface area contributed by atoms with Crippen molar-refractivity contribution in [1.29, 1.82) is 0 Å². The molecule has 4 unspecified atom stereocenters. The second-order valence-electron chi connectivity index (χ2n) is 12.6. The third kappa shape index (κ3) is 5.12. The Balaban J connectivity index is 1.13. The predicted octanol–water partition coefficient (Wildman–Crippen LogP) is 1.53. The van der Waals surface area contributed by atoms with Crippen LogP contribution in [-0.4, -0.2) is 116 Å². The molecule has 1 saturated carbocycles. The highest BCUT2D eigenvalue weighted by Crippen LogP contribution is 2.46. The van der Waals surface area contributed by atoms with Gasteiger partial charge < -0.3 is 9.64 Å². The smallest absolute Gasteiger partial charge is 0.380 e. The Morgan fingerprint density at radius 1 is 1.15 bits per heavy atom. The number of ether oxygens (including phenoxy) is 1. The summed E-state index contributed by atoms with van der Waals surface area (Å²) >= 11 is 6.35. The summed E-state index contributed by atoms with van der Waals surface area (Å²) in [7, 11) is -2.30. The molecule has 6 aliphatic rings. The van der Waals surface area contributed by atoms with Crippen LogP contribution in [-0.2, 0) is 19.4 Å². The maximum absolute atomic E-state index is 14.5. The molecule has 5 aliphatic heterocycles. The summed E-state index contributed by atoms with van der Waals surface area (Å²) in [5.74, 6) is -3.02. The van der Waals surface area contributed by atoms with Gasteiger partial charge >= 0.3 is 6.18 Å². The molecule has 5 saturated heterocycles. The lowest BCUT2D eigenvalue weighted by atomic mass is 9.74. The number of hydrogen-bond donors (Lipinski definition) is 2. The van der Waals surface area contributed by atoms with Gasteiger partial charge in [0.25, 0.3) is 0 Å². The second kappa shape index (κ2) is 10.2. The molecular formula is C25H39ClF3N5O4S. The first-order chi connectivity index (χ1) is 18.4. The summed E-state index contributed by atoms with van der Waals surface area (Å²) in [4.78, 5) is 16.7. The highest BCUT2D eigenvalue weighted by Gasteiger charge is 2.60. The van der Waals surface area contributed by atoms with Crippen molar-refractivity contribution in [3.8, 4) is 0 Å². The third-order valence-electron chi connectivity index (χ3n) is 10.3. The number of rotatable bonds is 4. The van der Waals surface area contributed by atoms with E-state index in [2.05, 4.69) is 20.7 Å².